The van der Waals surface area contributed by atoms with Gasteiger partial charge in [0.25, 0.3) is 0 Å². The first-order chi connectivity index (χ1) is 19.5. The van der Waals surface area contributed by atoms with E-state index < -0.39 is 53.8 Å². The zero-order chi connectivity index (χ0) is 30.2. The molecule has 3 rings (SSSR count). The van der Waals surface area contributed by atoms with Gasteiger partial charge in [0.05, 0.1) is 12.6 Å². The second-order valence-electron chi connectivity index (χ2n) is 11.5. The van der Waals surface area contributed by atoms with Crippen molar-refractivity contribution in [2.24, 2.45) is 11.8 Å². The number of aliphatic carboxylic acids is 1. The van der Waals surface area contributed by atoms with Crippen LogP contribution in [0.4, 0.5) is 9.18 Å². The number of Topliss-reactive ketones (excluding diaryl/α,β-unsaturated/α-hetero) is 1. The average Bonchev–Trinajstić information content (AvgIpc) is 3.40. The standard InChI is InChI=1S/C30H43FN4O6/c1-4-5-6-7-8-10-21-17-30(21,28(39)40)34-27(38)23-11-9-16-35(23)24(36)18-32-29(41)33-25(19(2)3)26(37)20-12-14-22(31)15-13-20/h12-15,19,21,23,25H,4-11,16-18H2,1-3H3,(H,34,38)(H,39,40)(H2,32,33,41)/t21?,23-,25-,30+/m0/s1. The summed E-state index contributed by atoms with van der Waals surface area (Å²) < 4.78 is 13.2. The van der Waals surface area contributed by atoms with Gasteiger partial charge in [-0.2, -0.15) is 0 Å². The van der Waals surface area contributed by atoms with Crippen molar-refractivity contribution in [3.63, 3.8) is 0 Å². The van der Waals surface area contributed by atoms with Crippen molar-refractivity contribution >= 4 is 29.6 Å². The third-order valence-electron chi connectivity index (χ3n) is 8.13. The molecule has 1 aromatic carbocycles. The third-order valence-corrected chi connectivity index (χ3v) is 8.13. The maximum atomic E-state index is 13.2. The SMILES string of the molecule is CCCCCCCC1C[C@]1(NC(=O)[C@@H]1CCCN1C(=O)CNC(=O)N[C@H](C(=O)c1ccc(F)cc1)C(C)C)C(=O)O. The molecule has 4 amide bonds. The number of hydrogen-bond acceptors (Lipinski definition) is 5. The first-order valence-electron chi connectivity index (χ1n) is 14.7. The highest BCUT2D eigenvalue weighted by Gasteiger charge is 2.61. The van der Waals surface area contributed by atoms with Crippen molar-refractivity contribution in [1.29, 1.82) is 0 Å². The molecule has 226 valence electrons. The second kappa shape index (κ2) is 14.4. The van der Waals surface area contributed by atoms with Crippen LogP contribution in [-0.4, -0.2) is 70.3 Å². The molecule has 0 radical (unpaired) electrons. The van der Waals surface area contributed by atoms with Crippen LogP contribution in [0, 0.1) is 17.7 Å². The van der Waals surface area contributed by atoms with E-state index in [2.05, 4.69) is 22.9 Å². The van der Waals surface area contributed by atoms with E-state index in [0.717, 1.165) is 38.5 Å². The highest BCUT2D eigenvalue weighted by molar-refractivity contribution is 6.02. The van der Waals surface area contributed by atoms with Crippen LogP contribution in [-0.2, 0) is 14.4 Å². The Morgan fingerprint density at radius 2 is 1.76 bits per heavy atom. The molecule has 1 aromatic rings. The first-order valence-corrected chi connectivity index (χ1v) is 14.7. The van der Waals surface area contributed by atoms with Crippen molar-refractivity contribution in [2.45, 2.75) is 96.2 Å². The van der Waals surface area contributed by atoms with Crippen LogP contribution >= 0.6 is 0 Å². The number of benzene rings is 1. The van der Waals surface area contributed by atoms with Crippen molar-refractivity contribution in [3.8, 4) is 0 Å². The molecule has 41 heavy (non-hydrogen) atoms. The van der Waals surface area contributed by atoms with Gasteiger partial charge < -0.3 is 26.0 Å². The summed E-state index contributed by atoms with van der Waals surface area (Å²) in [6, 6.07) is 2.60. The van der Waals surface area contributed by atoms with E-state index in [1.54, 1.807) is 13.8 Å². The number of unbranched alkanes of at least 4 members (excludes halogenated alkanes) is 4. The number of carbonyl (C=O) groups excluding carboxylic acids is 4. The van der Waals surface area contributed by atoms with Gasteiger partial charge in [-0.05, 0) is 61.8 Å². The minimum absolute atomic E-state index is 0.118. The van der Waals surface area contributed by atoms with E-state index >= 15 is 0 Å². The number of rotatable bonds is 15. The summed E-state index contributed by atoms with van der Waals surface area (Å²) in [7, 11) is 0. The molecular formula is C30H43FN4O6. The van der Waals surface area contributed by atoms with Gasteiger partial charge in [-0.25, -0.2) is 14.0 Å². The molecule has 2 aliphatic rings. The topological polar surface area (TPSA) is 145 Å². The Balaban J connectivity index is 1.51. The third kappa shape index (κ3) is 8.27. The fourth-order valence-corrected chi connectivity index (χ4v) is 5.56. The molecule has 4 N–H and O–H groups in total. The van der Waals surface area contributed by atoms with Gasteiger partial charge in [-0.15, -0.1) is 0 Å². The zero-order valence-corrected chi connectivity index (χ0v) is 24.2. The molecule has 0 spiro atoms. The largest absolute Gasteiger partial charge is 0.479 e. The van der Waals surface area contributed by atoms with Crippen LogP contribution < -0.4 is 16.0 Å². The molecule has 1 aliphatic carbocycles. The van der Waals surface area contributed by atoms with Crippen LogP contribution in [0.3, 0.4) is 0 Å². The summed E-state index contributed by atoms with van der Waals surface area (Å²) in [4.78, 5) is 65.0. The van der Waals surface area contributed by atoms with Crippen LogP contribution in [0.15, 0.2) is 24.3 Å². The Labute approximate surface area is 240 Å². The quantitative estimate of drug-likeness (QED) is 0.186. The maximum absolute atomic E-state index is 13.2. The van der Waals surface area contributed by atoms with E-state index in [-0.39, 0.29) is 23.2 Å². The molecule has 1 unspecified atom stereocenters. The number of likely N-dealkylation sites (tertiary alicyclic amines) is 1. The number of hydrogen-bond donors (Lipinski definition) is 4. The molecule has 0 aromatic heterocycles. The summed E-state index contributed by atoms with van der Waals surface area (Å²) in [5, 5.41) is 17.7. The predicted molar refractivity (Wildman–Crippen MR) is 151 cm³/mol. The molecule has 11 heteroatoms. The molecule has 1 saturated carbocycles. The number of carbonyl (C=O) groups is 5. The lowest BCUT2D eigenvalue weighted by molar-refractivity contribution is -0.145. The number of halogens is 1. The zero-order valence-electron chi connectivity index (χ0n) is 24.2. The predicted octanol–water partition coefficient (Wildman–Crippen LogP) is 3.64. The molecule has 1 heterocycles. The van der Waals surface area contributed by atoms with Crippen LogP contribution in [0.5, 0.6) is 0 Å². The average molecular weight is 575 g/mol. The summed E-state index contributed by atoms with van der Waals surface area (Å²) in [6.07, 6.45) is 7.47. The van der Waals surface area contributed by atoms with Crippen molar-refractivity contribution in [1.82, 2.24) is 20.9 Å². The molecule has 1 saturated heterocycles. The summed E-state index contributed by atoms with van der Waals surface area (Å²) >= 11 is 0. The number of amides is 4. The molecule has 2 fully saturated rings. The van der Waals surface area contributed by atoms with E-state index in [0.29, 0.717) is 25.8 Å². The Morgan fingerprint density at radius 3 is 2.39 bits per heavy atom. The van der Waals surface area contributed by atoms with Gasteiger partial charge in [0.2, 0.25) is 11.8 Å². The molecule has 1 aliphatic heterocycles. The number of nitrogens with one attached hydrogen (secondary N) is 3. The Bertz CT molecular complexity index is 1110. The Kier molecular flexibility index (Phi) is 11.3. The molecule has 0 bridgehead atoms. The summed E-state index contributed by atoms with van der Waals surface area (Å²) in [5.74, 6) is -3.26. The van der Waals surface area contributed by atoms with Gasteiger partial charge >= 0.3 is 12.0 Å². The number of nitrogens with zero attached hydrogens (tertiary/aromatic N) is 1. The summed E-state index contributed by atoms with van der Waals surface area (Å²) in [6.45, 7) is 5.57. The minimum atomic E-state index is -1.28. The Hall–Kier alpha value is -3.50. The maximum Gasteiger partial charge on any atom is 0.329 e. The highest BCUT2D eigenvalue weighted by atomic mass is 19.1. The van der Waals surface area contributed by atoms with E-state index in [9.17, 15) is 33.5 Å². The normalized spacial score (nSPS) is 22.2. The Morgan fingerprint density at radius 1 is 1.07 bits per heavy atom. The van der Waals surface area contributed by atoms with Gasteiger partial charge in [-0.1, -0.05) is 52.9 Å². The smallest absolute Gasteiger partial charge is 0.329 e. The van der Waals surface area contributed by atoms with Gasteiger partial charge in [0, 0.05) is 12.1 Å². The lowest BCUT2D eigenvalue weighted by atomic mass is 9.95. The van der Waals surface area contributed by atoms with Crippen LogP contribution in [0.2, 0.25) is 0 Å². The first kappa shape index (κ1) is 32.0. The second-order valence-corrected chi connectivity index (χ2v) is 11.5. The van der Waals surface area contributed by atoms with Gasteiger partial charge in [0.1, 0.15) is 17.4 Å². The molecule has 4 atom stereocenters. The number of urea groups is 1. The van der Waals surface area contributed by atoms with Crippen molar-refractivity contribution in [3.05, 3.63) is 35.6 Å². The lowest BCUT2D eigenvalue weighted by Crippen LogP contribution is -2.55. The highest BCUT2D eigenvalue weighted by Crippen LogP contribution is 2.47. The fraction of sp³-hybridized carbons (Fsp3) is 0.633. The molecular weight excluding hydrogens is 531 g/mol. The lowest BCUT2D eigenvalue weighted by Gasteiger charge is -2.26. The summed E-state index contributed by atoms with van der Waals surface area (Å²) in [5.41, 5.74) is -1.03. The number of carboxylic acids is 1. The number of ketones is 1. The minimum Gasteiger partial charge on any atom is -0.479 e. The molecule has 10 nitrogen and oxygen atoms in total. The monoisotopic (exact) mass is 574 g/mol. The van der Waals surface area contributed by atoms with Crippen molar-refractivity contribution in [2.75, 3.05) is 13.1 Å². The van der Waals surface area contributed by atoms with Gasteiger partial charge in [-0.3, -0.25) is 14.4 Å². The van der Waals surface area contributed by atoms with E-state index in [4.69, 9.17) is 0 Å². The van der Waals surface area contributed by atoms with Crippen LogP contribution in [0.1, 0.15) is 88.9 Å². The number of carboxylic acid groups (broad SMARTS) is 1. The van der Waals surface area contributed by atoms with Crippen LogP contribution in [0.25, 0.3) is 0 Å². The fourth-order valence-electron chi connectivity index (χ4n) is 5.56. The van der Waals surface area contributed by atoms with E-state index in [1.165, 1.54) is 29.2 Å². The van der Waals surface area contributed by atoms with E-state index in [1.807, 2.05) is 0 Å². The van der Waals surface area contributed by atoms with Crippen molar-refractivity contribution < 1.29 is 33.5 Å². The van der Waals surface area contributed by atoms with Gasteiger partial charge in [0.15, 0.2) is 5.78 Å².